The number of imide groups is 1. The maximum absolute atomic E-state index is 11.2. The van der Waals surface area contributed by atoms with Crippen LogP contribution in [0.4, 0.5) is 0 Å². The first-order valence-corrected chi connectivity index (χ1v) is 5.15. The van der Waals surface area contributed by atoms with Gasteiger partial charge >= 0.3 is 0 Å². The topological polar surface area (TPSA) is 46.2 Å². The summed E-state index contributed by atoms with van der Waals surface area (Å²) in [5, 5.41) is 2.27. The highest BCUT2D eigenvalue weighted by Gasteiger charge is 2.32. The van der Waals surface area contributed by atoms with Crippen molar-refractivity contribution in [2.45, 2.75) is 6.92 Å². The Morgan fingerprint density at radius 3 is 2.42 bits per heavy atom. The van der Waals surface area contributed by atoms with E-state index in [0.717, 1.165) is 7.76 Å². The second kappa shape index (κ2) is 2.53. The summed E-state index contributed by atoms with van der Waals surface area (Å²) in [5.74, 6) is -0.518. The highest BCUT2D eigenvalue weighted by molar-refractivity contribution is 14.1. The van der Waals surface area contributed by atoms with Gasteiger partial charge in [0.2, 0.25) is 0 Å². The molecule has 0 aliphatic carbocycles. The van der Waals surface area contributed by atoms with Crippen molar-refractivity contribution in [3.8, 4) is 0 Å². The normalized spacial score (nSPS) is 14.8. The van der Waals surface area contributed by atoms with Crippen LogP contribution in [0.3, 0.4) is 0 Å². The van der Waals surface area contributed by atoms with Crippen LogP contribution in [-0.4, -0.2) is 11.8 Å². The van der Waals surface area contributed by atoms with Crippen LogP contribution in [0.2, 0.25) is 0 Å². The number of carbonyl (C=O) groups is 2. The number of halogens is 1. The summed E-state index contributed by atoms with van der Waals surface area (Å²) >= 11 is 3.56. The van der Waals surface area contributed by atoms with Crippen molar-refractivity contribution in [1.82, 2.24) is 5.32 Å². The van der Waals surface area contributed by atoms with Crippen molar-refractivity contribution in [1.29, 1.82) is 0 Å². The summed E-state index contributed by atoms with van der Waals surface area (Å²) in [4.78, 5) is 23.3. The van der Waals surface area contributed by atoms with Gasteiger partial charge < -0.3 is 0 Å². The SMILES string of the molecule is Cc1sc(I)c2c1C(=O)NC2=O. The molecule has 0 bridgehead atoms. The van der Waals surface area contributed by atoms with Gasteiger partial charge in [-0.1, -0.05) is 0 Å². The fourth-order valence-corrected chi connectivity index (χ4v) is 3.58. The Kier molecular flexibility index (Phi) is 1.72. The molecule has 2 heterocycles. The third kappa shape index (κ3) is 0.925. The van der Waals surface area contributed by atoms with Crippen molar-refractivity contribution in [2.75, 3.05) is 0 Å². The maximum Gasteiger partial charge on any atom is 0.260 e. The van der Waals surface area contributed by atoms with Gasteiger partial charge in [0.1, 0.15) is 0 Å². The number of nitrogens with one attached hydrogen (secondary N) is 1. The molecule has 62 valence electrons. The molecule has 0 aromatic carbocycles. The van der Waals surface area contributed by atoms with E-state index in [-0.39, 0.29) is 11.8 Å². The van der Waals surface area contributed by atoms with Gasteiger partial charge in [-0.3, -0.25) is 14.9 Å². The Morgan fingerprint density at radius 2 is 1.83 bits per heavy atom. The molecule has 2 amide bonds. The number of carbonyl (C=O) groups excluding carboxylic acids is 2. The second-order valence-corrected chi connectivity index (χ2v) is 5.50. The molecule has 1 N–H and O–H groups in total. The molecule has 5 heteroatoms. The summed E-state index contributed by atoms with van der Waals surface area (Å²) in [5.41, 5.74) is 1.12. The zero-order chi connectivity index (χ0) is 8.88. The van der Waals surface area contributed by atoms with E-state index in [1.165, 1.54) is 11.3 Å². The minimum Gasteiger partial charge on any atom is -0.288 e. The lowest BCUT2D eigenvalue weighted by atomic mass is 10.2. The molecule has 0 atom stereocenters. The van der Waals surface area contributed by atoms with Crippen molar-refractivity contribution in [2.24, 2.45) is 0 Å². The molecule has 0 radical (unpaired) electrons. The van der Waals surface area contributed by atoms with Crippen LogP contribution in [0, 0.1) is 9.81 Å². The van der Waals surface area contributed by atoms with Gasteiger partial charge in [0.05, 0.1) is 14.0 Å². The van der Waals surface area contributed by atoms with E-state index in [9.17, 15) is 9.59 Å². The Balaban J connectivity index is 2.78. The molecule has 1 aliphatic rings. The van der Waals surface area contributed by atoms with E-state index < -0.39 is 0 Å². The number of hydrogen-bond acceptors (Lipinski definition) is 3. The van der Waals surface area contributed by atoms with E-state index in [0.29, 0.717) is 11.1 Å². The minimum absolute atomic E-state index is 0.258. The van der Waals surface area contributed by atoms with E-state index >= 15 is 0 Å². The number of aryl methyl sites for hydroxylation is 1. The van der Waals surface area contributed by atoms with Crippen LogP contribution in [0.5, 0.6) is 0 Å². The van der Waals surface area contributed by atoms with Crippen LogP contribution in [0.1, 0.15) is 25.6 Å². The average molecular weight is 293 g/mol. The van der Waals surface area contributed by atoms with Crippen LogP contribution < -0.4 is 5.32 Å². The first-order chi connectivity index (χ1) is 5.61. The fraction of sp³-hybridized carbons (Fsp3) is 0.143. The molecule has 0 fully saturated rings. The van der Waals surface area contributed by atoms with Crippen LogP contribution in [-0.2, 0) is 0 Å². The van der Waals surface area contributed by atoms with Gasteiger partial charge in [0.15, 0.2) is 0 Å². The van der Waals surface area contributed by atoms with E-state index in [1.807, 2.05) is 6.92 Å². The monoisotopic (exact) mass is 293 g/mol. The second-order valence-electron chi connectivity index (χ2n) is 2.47. The molecule has 0 saturated carbocycles. The van der Waals surface area contributed by atoms with Gasteiger partial charge in [-0.2, -0.15) is 0 Å². The molecule has 1 aliphatic heterocycles. The van der Waals surface area contributed by atoms with Gasteiger partial charge in [-0.15, -0.1) is 11.3 Å². The third-order valence-electron chi connectivity index (χ3n) is 1.72. The first-order valence-electron chi connectivity index (χ1n) is 3.26. The molecule has 1 aromatic heterocycles. The van der Waals surface area contributed by atoms with Crippen LogP contribution >= 0.6 is 33.9 Å². The molecular formula is C7H4INO2S. The summed E-state index contributed by atoms with van der Waals surface area (Å²) in [6, 6.07) is 0. The fourth-order valence-electron chi connectivity index (χ4n) is 1.22. The zero-order valence-electron chi connectivity index (χ0n) is 6.10. The Hall–Kier alpha value is -0.430. The quantitative estimate of drug-likeness (QED) is 0.582. The number of hydrogen-bond donors (Lipinski definition) is 1. The average Bonchev–Trinajstić information content (AvgIpc) is 2.38. The Bertz CT molecular complexity index is 362. The van der Waals surface area contributed by atoms with Crippen molar-refractivity contribution in [3.05, 3.63) is 18.9 Å². The lowest BCUT2D eigenvalue weighted by molar-refractivity contribution is 0.0879. The standard InChI is InChI=1S/C7H4INO2S/c1-2-3-4(5(8)12-2)7(11)9-6(3)10/h1H3,(H,9,10,11). The van der Waals surface area contributed by atoms with Crippen molar-refractivity contribution < 1.29 is 9.59 Å². The summed E-state index contributed by atoms with van der Waals surface area (Å²) < 4.78 is 0.892. The zero-order valence-corrected chi connectivity index (χ0v) is 9.08. The highest BCUT2D eigenvalue weighted by Crippen LogP contribution is 2.31. The molecule has 12 heavy (non-hydrogen) atoms. The van der Waals surface area contributed by atoms with Crippen molar-refractivity contribution in [3.63, 3.8) is 0 Å². The van der Waals surface area contributed by atoms with Gasteiger partial charge in [0.25, 0.3) is 11.8 Å². The summed E-state index contributed by atoms with van der Waals surface area (Å²) in [6.07, 6.45) is 0. The lowest BCUT2D eigenvalue weighted by Gasteiger charge is -1.88. The molecule has 0 saturated heterocycles. The largest absolute Gasteiger partial charge is 0.288 e. The van der Waals surface area contributed by atoms with Crippen molar-refractivity contribution >= 4 is 45.7 Å². The molecule has 0 unspecified atom stereocenters. The third-order valence-corrected chi connectivity index (χ3v) is 3.82. The van der Waals surface area contributed by atoms with E-state index in [2.05, 4.69) is 27.9 Å². The first kappa shape index (κ1) is 8.18. The minimum atomic E-state index is -0.260. The number of amides is 2. The van der Waals surface area contributed by atoms with Gasteiger partial charge in [-0.05, 0) is 29.5 Å². The van der Waals surface area contributed by atoms with Gasteiger partial charge in [-0.25, -0.2) is 0 Å². The predicted octanol–water partition coefficient (Wildman–Crippen LogP) is 1.54. The predicted molar refractivity (Wildman–Crippen MR) is 53.6 cm³/mol. The summed E-state index contributed by atoms with van der Waals surface area (Å²) in [6.45, 7) is 1.85. The van der Waals surface area contributed by atoms with E-state index in [4.69, 9.17) is 0 Å². The van der Waals surface area contributed by atoms with E-state index in [1.54, 1.807) is 0 Å². The van der Waals surface area contributed by atoms with Gasteiger partial charge in [0, 0.05) is 4.88 Å². The molecule has 0 spiro atoms. The smallest absolute Gasteiger partial charge is 0.260 e. The molecular weight excluding hydrogens is 289 g/mol. The van der Waals surface area contributed by atoms with Crippen LogP contribution in [0.15, 0.2) is 0 Å². The summed E-state index contributed by atoms with van der Waals surface area (Å²) in [7, 11) is 0. The number of thiophene rings is 1. The molecule has 2 rings (SSSR count). The Morgan fingerprint density at radius 1 is 1.25 bits per heavy atom. The Labute approximate surface area is 86.3 Å². The van der Waals surface area contributed by atoms with Crippen LogP contribution in [0.25, 0.3) is 0 Å². The molecule has 1 aromatic rings. The molecule has 3 nitrogen and oxygen atoms in total. The number of rotatable bonds is 0. The lowest BCUT2D eigenvalue weighted by Crippen LogP contribution is -2.20. The maximum atomic E-state index is 11.2. The highest BCUT2D eigenvalue weighted by atomic mass is 127. The number of fused-ring (bicyclic) bond motifs is 1.